The van der Waals surface area contributed by atoms with Gasteiger partial charge in [0.25, 0.3) is 15.7 Å². The molecule has 28 heavy (non-hydrogen) atoms. The lowest BCUT2D eigenvalue weighted by Crippen LogP contribution is -2.35. The lowest BCUT2D eigenvalue weighted by Gasteiger charge is -2.18. The van der Waals surface area contributed by atoms with Gasteiger partial charge in [0.15, 0.2) is 0 Å². The van der Waals surface area contributed by atoms with Crippen molar-refractivity contribution in [1.29, 1.82) is 0 Å². The van der Waals surface area contributed by atoms with Crippen molar-refractivity contribution >= 4 is 55.4 Å². The summed E-state index contributed by atoms with van der Waals surface area (Å²) < 4.78 is 26.8. The van der Waals surface area contributed by atoms with Crippen molar-refractivity contribution in [2.24, 2.45) is 0 Å². The highest BCUT2D eigenvalue weighted by Crippen LogP contribution is 2.41. The summed E-state index contributed by atoms with van der Waals surface area (Å²) in [5.41, 5.74) is -0.0453. The molecule has 1 heterocycles. The molecule has 0 unspecified atom stereocenters. The van der Waals surface area contributed by atoms with E-state index in [0.29, 0.717) is 11.1 Å². The molecule has 1 N–H and O–H groups in total. The number of nitro groups is 1. The van der Waals surface area contributed by atoms with Crippen LogP contribution in [-0.4, -0.2) is 25.8 Å². The smallest absolute Gasteiger partial charge is 0.294 e. The van der Waals surface area contributed by atoms with Crippen LogP contribution in [0.1, 0.15) is 0 Å². The lowest BCUT2D eigenvalue weighted by atomic mass is 10.1. The average molecular weight is 418 g/mol. The van der Waals surface area contributed by atoms with Gasteiger partial charge < -0.3 is 5.32 Å². The van der Waals surface area contributed by atoms with E-state index in [4.69, 9.17) is 11.6 Å². The summed E-state index contributed by atoms with van der Waals surface area (Å²) in [7, 11) is -3.90. The molecule has 0 aliphatic carbocycles. The van der Waals surface area contributed by atoms with Crippen LogP contribution in [0.15, 0.2) is 59.5 Å². The molecule has 0 radical (unpaired) electrons. The van der Waals surface area contributed by atoms with Crippen LogP contribution in [0.25, 0.3) is 10.8 Å². The van der Waals surface area contributed by atoms with Crippen LogP contribution in [-0.2, 0) is 14.8 Å². The van der Waals surface area contributed by atoms with Gasteiger partial charge in [0.1, 0.15) is 12.2 Å². The van der Waals surface area contributed by atoms with Crippen LogP contribution >= 0.6 is 11.6 Å². The van der Waals surface area contributed by atoms with E-state index < -0.39 is 27.4 Å². The molecule has 0 atom stereocenters. The molecule has 1 amide bonds. The first kappa shape index (κ1) is 18.2. The summed E-state index contributed by atoms with van der Waals surface area (Å²) >= 11 is 5.76. The molecule has 3 aromatic carbocycles. The van der Waals surface area contributed by atoms with Gasteiger partial charge in [0.2, 0.25) is 5.91 Å². The van der Waals surface area contributed by atoms with Crippen molar-refractivity contribution in [2.45, 2.75) is 4.90 Å². The molecule has 0 spiro atoms. The molecule has 142 valence electrons. The number of nitro benzene ring substituents is 1. The number of sulfonamides is 1. The van der Waals surface area contributed by atoms with E-state index in [-0.39, 0.29) is 21.3 Å². The van der Waals surface area contributed by atoms with Crippen LogP contribution in [0.2, 0.25) is 5.02 Å². The van der Waals surface area contributed by atoms with Crippen LogP contribution in [0.4, 0.5) is 17.1 Å². The number of benzene rings is 3. The zero-order valence-corrected chi connectivity index (χ0v) is 15.7. The van der Waals surface area contributed by atoms with Crippen molar-refractivity contribution in [3.05, 3.63) is 69.7 Å². The summed E-state index contributed by atoms with van der Waals surface area (Å²) in [6, 6.07) is 13.8. The van der Waals surface area contributed by atoms with Gasteiger partial charge in [0, 0.05) is 16.5 Å². The maximum atomic E-state index is 12.9. The first-order valence-electron chi connectivity index (χ1n) is 8.07. The number of carbonyl (C=O) groups is 1. The van der Waals surface area contributed by atoms with Crippen LogP contribution in [0.5, 0.6) is 0 Å². The molecule has 3 aromatic rings. The lowest BCUT2D eigenvalue weighted by molar-refractivity contribution is -0.383. The molecular formula is C18H12ClN3O5S. The maximum Gasteiger partial charge on any atom is 0.294 e. The summed E-state index contributed by atoms with van der Waals surface area (Å²) in [5, 5.41) is 15.0. The van der Waals surface area contributed by atoms with Crippen molar-refractivity contribution in [3.8, 4) is 0 Å². The second-order valence-electron chi connectivity index (χ2n) is 6.11. The van der Waals surface area contributed by atoms with E-state index in [0.717, 1.165) is 15.8 Å². The van der Waals surface area contributed by atoms with Crippen molar-refractivity contribution < 1.29 is 18.1 Å². The van der Waals surface area contributed by atoms with E-state index in [1.807, 2.05) is 0 Å². The van der Waals surface area contributed by atoms with E-state index in [1.54, 1.807) is 30.3 Å². The second kappa shape index (κ2) is 6.47. The molecule has 4 rings (SSSR count). The van der Waals surface area contributed by atoms with Gasteiger partial charge in [-0.1, -0.05) is 35.9 Å². The number of hydrogen-bond donors (Lipinski definition) is 1. The quantitative estimate of drug-likeness (QED) is 0.515. The number of anilines is 2. The fourth-order valence-electron chi connectivity index (χ4n) is 3.21. The molecular weight excluding hydrogens is 406 g/mol. The Bertz CT molecular complexity index is 1250. The number of halogens is 1. The third-order valence-corrected chi connectivity index (χ3v) is 6.44. The number of nitrogens with one attached hydrogen (secondary N) is 1. The maximum absolute atomic E-state index is 12.9. The van der Waals surface area contributed by atoms with Crippen molar-refractivity contribution in [3.63, 3.8) is 0 Å². The highest BCUT2D eigenvalue weighted by atomic mass is 35.5. The summed E-state index contributed by atoms with van der Waals surface area (Å²) in [5.74, 6) is -0.709. The Hall–Kier alpha value is -3.17. The summed E-state index contributed by atoms with van der Waals surface area (Å²) in [4.78, 5) is 23.1. The zero-order valence-electron chi connectivity index (χ0n) is 14.1. The SMILES string of the molecule is O=C(CN1c2cccc3cccc(c23)S1(=O)=O)Nc1ccc(Cl)cc1[N+](=O)[O-]. The minimum atomic E-state index is -3.90. The molecule has 0 fully saturated rings. The predicted octanol–water partition coefficient (Wildman–Crippen LogP) is 3.55. The molecule has 0 aromatic heterocycles. The topological polar surface area (TPSA) is 110 Å². The van der Waals surface area contributed by atoms with Gasteiger partial charge in [-0.15, -0.1) is 0 Å². The zero-order chi connectivity index (χ0) is 20.1. The Morgan fingerprint density at radius 3 is 2.57 bits per heavy atom. The van der Waals surface area contributed by atoms with Crippen LogP contribution in [0, 0.1) is 10.1 Å². The van der Waals surface area contributed by atoms with Gasteiger partial charge >= 0.3 is 0 Å². The van der Waals surface area contributed by atoms with Gasteiger partial charge in [0.05, 0.1) is 15.5 Å². The number of rotatable bonds is 4. The fraction of sp³-hybridized carbons (Fsp3) is 0.0556. The van der Waals surface area contributed by atoms with Crippen molar-refractivity contribution in [2.75, 3.05) is 16.2 Å². The number of nitrogens with zero attached hydrogens (tertiary/aromatic N) is 2. The monoisotopic (exact) mass is 417 g/mol. The molecule has 0 saturated heterocycles. The highest BCUT2D eigenvalue weighted by Gasteiger charge is 2.36. The Balaban J connectivity index is 1.67. The summed E-state index contributed by atoms with van der Waals surface area (Å²) in [6.45, 7) is -0.518. The number of hydrogen-bond acceptors (Lipinski definition) is 5. The van der Waals surface area contributed by atoms with Crippen molar-refractivity contribution in [1.82, 2.24) is 0 Å². The molecule has 0 saturated carbocycles. The third-order valence-electron chi connectivity index (χ3n) is 4.40. The Labute approximate surface area is 164 Å². The largest absolute Gasteiger partial charge is 0.319 e. The van der Waals surface area contributed by atoms with Crippen LogP contribution < -0.4 is 9.62 Å². The molecule has 10 heteroatoms. The normalized spacial score (nSPS) is 14.2. The fourth-order valence-corrected chi connectivity index (χ4v) is 5.04. The van der Waals surface area contributed by atoms with Crippen LogP contribution in [0.3, 0.4) is 0 Å². The summed E-state index contributed by atoms with van der Waals surface area (Å²) in [6.07, 6.45) is 0. The first-order chi connectivity index (χ1) is 13.3. The number of amides is 1. The molecule has 1 aliphatic rings. The minimum absolute atomic E-state index is 0.0632. The first-order valence-corrected chi connectivity index (χ1v) is 9.89. The van der Waals surface area contributed by atoms with E-state index in [2.05, 4.69) is 5.32 Å². The second-order valence-corrected chi connectivity index (χ2v) is 8.38. The molecule has 1 aliphatic heterocycles. The number of carbonyl (C=O) groups excluding carboxylic acids is 1. The Morgan fingerprint density at radius 2 is 1.86 bits per heavy atom. The van der Waals surface area contributed by atoms with Gasteiger partial charge in [-0.2, -0.15) is 0 Å². The van der Waals surface area contributed by atoms with Gasteiger partial charge in [-0.25, -0.2) is 8.42 Å². The van der Waals surface area contributed by atoms with Gasteiger partial charge in [-0.05, 0) is 29.7 Å². The standard InChI is InChI=1S/C18H12ClN3O5S/c19-12-7-8-13(15(9-12)22(24)25)20-17(23)10-21-14-5-1-3-11-4-2-6-16(18(11)14)28(21,26)27/h1-9H,10H2,(H,20,23). The average Bonchev–Trinajstić information content (AvgIpc) is 2.86. The predicted molar refractivity (Wildman–Crippen MR) is 105 cm³/mol. The molecule has 0 bridgehead atoms. The Morgan fingerprint density at radius 1 is 1.14 bits per heavy atom. The van der Waals surface area contributed by atoms with E-state index in [1.165, 1.54) is 18.2 Å². The highest BCUT2D eigenvalue weighted by molar-refractivity contribution is 7.93. The van der Waals surface area contributed by atoms with Gasteiger partial charge in [-0.3, -0.25) is 19.2 Å². The third kappa shape index (κ3) is 2.85. The minimum Gasteiger partial charge on any atom is -0.319 e. The molecule has 8 nitrogen and oxygen atoms in total. The van der Waals surface area contributed by atoms with E-state index >= 15 is 0 Å². The van der Waals surface area contributed by atoms with E-state index in [9.17, 15) is 23.3 Å². The Kier molecular flexibility index (Phi) is 4.20.